The Hall–Kier alpha value is -1.30. The first-order valence-electron chi connectivity index (χ1n) is 11.3. The first-order chi connectivity index (χ1) is 13.8. The molecule has 2 fully saturated rings. The quantitative estimate of drug-likeness (QED) is 0.471. The molecule has 0 aromatic heterocycles. The van der Waals surface area contributed by atoms with Crippen molar-refractivity contribution in [3.63, 3.8) is 0 Å². The van der Waals surface area contributed by atoms with Crippen LogP contribution in [0.3, 0.4) is 0 Å². The lowest BCUT2D eigenvalue weighted by atomic mass is 9.63. The van der Waals surface area contributed by atoms with E-state index < -0.39 is 23.2 Å². The van der Waals surface area contributed by atoms with Crippen LogP contribution in [0, 0.1) is 35.0 Å². The largest absolute Gasteiger partial charge is 0.389 e. The predicted octanol–water partition coefficient (Wildman–Crippen LogP) is 3.22. The van der Waals surface area contributed by atoms with Gasteiger partial charge in [0.1, 0.15) is 18.2 Å². The van der Waals surface area contributed by atoms with Crippen LogP contribution >= 0.6 is 0 Å². The highest BCUT2D eigenvalue weighted by atomic mass is 16.3. The molecule has 5 heteroatoms. The lowest BCUT2D eigenvalue weighted by molar-refractivity contribution is -0.121. The van der Waals surface area contributed by atoms with Crippen LogP contribution in [-0.2, 0) is 9.59 Å². The van der Waals surface area contributed by atoms with Gasteiger partial charge in [0.15, 0.2) is 0 Å². The Morgan fingerprint density at radius 3 is 2.50 bits per heavy atom. The molecule has 0 heterocycles. The average Bonchev–Trinajstić information content (AvgIpc) is 3.04. The molecule has 0 bridgehead atoms. The number of hydrogen-bond donors (Lipinski definition) is 3. The van der Waals surface area contributed by atoms with Gasteiger partial charge in [0.25, 0.3) is 0 Å². The van der Waals surface area contributed by atoms with Crippen LogP contribution in [0.15, 0.2) is 23.8 Å². The Bertz CT molecular complexity index is 743. The van der Waals surface area contributed by atoms with Crippen molar-refractivity contribution in [3.8, 4) is 0 Å². The van der Waals surface area contributed by atoms with Crippen molar-refractivity contribution in [2.24, 2.45) is 35.0 Å². The monoisotopic (exact) mass is 418 g/mol. The van der Waals surface area contributed by atoms with Crippen LogP contribution in [-0.4, -0.2) is 44.7 Å². The second-order valence-corrected chi connectivity index (χ2v) is 11.2. The molecule has 30 heavy (non-hydrogen) atoms. The van der Waals surface area contributed by atoms with Gasteiger partial charge in [-0.25, -0.2) is 0 Å². The molecule has 0 spiro atoms. The number of allylic oxidation sites excluding steroid dienone is 3. The van der Waals surface area contributed by atoms with E-state index in [9.17, 15) is 24.9 Å². The lowest BCUT2D eigenvalue weighted by Gasteiger charge is -2.42. The standard InChI is InChI=1S/C25H38O5/c1-15(6-9-21(28)23(2,3)29)17-10-11-24(4)12-19-22(20(27)13-25(19,5)30)16(14-26)7-8-18(17)24/h6-7,9,14-15,17-19,21-22,28-30H,8,10-13H2,1-5H3/b9-6-,16-7?/t15-,17+,18-,19-,21-,22-,24+,25+/m0/s1. The number of carbonyl (C=O) groups excluding carboxylic acids is 2. The number of aliphatic hydroxyl groups excluding tert-OH is 1. The molecule has 5 nitrogen and oxygen atoms in total. The fraction of sp³-hybridized carbons (Fsp3) is 0.760. The third-order valence-corrected chi connectivity index (χ3v) is 8.33. The van der Waals surface area contributed by atoms with E-state index in [0.29, 0.717) is 17.4 Å². The molecule has 0 aromatic carbocycles. The number of aliphatic hydroxyl groups is 3. The summed E-state index contributed by atoms with van der Waals surface area (Å²) in [5.74, 6) is 0.200. The van der Waals surface area contributed by atoms with Crippen LogP contribution in [0.4, 0.5) is 0 Å². The highest BCUT2D eigenvalue weighted by Crippen LogP contribution is 2.59. The molecule has 0 radical (unpaired) electrons. The number of Topliss-reactive ketones (excluding diaryl/α,β-unsaturated/α-hetero) is 1. The number of hydrogen-bond acceptors (Lipinski definition) is 5. The summed E-state index contributed by atoms with van der Waals surface area (Å²) in [6.07, 6.45) is 9.19. The smallest absolute Gasteiger partial charge is 0.146 e. The zero-order chi connectivity index (χ0) is 22.5. The Morgan fingerprint density at radius 2 is 1.90 bits per heavy atom. The maximum atomic E-state index is 12.6. The zero-order valence-electron chi connectivity index (χ0n) is 19.0. The van der Waals surface area contributed by atoms with E-state index in [1.165, 1.54) is 0 Å². The second kappa shape index (κ2) is 7.99. The Labute approximate surface area is 180 Å². The topological polar surface area (TPSA) is 94.8 Å². The number of ketones is 1. The van der Waals surface area contributed by atoms with Crippen molar-refractivity contribution in [2.45, 2.75) is 84.0 Å². The van der Waals surface area contributed by atoms with Gasteiger partial charge < -0.3 is 15.3 Å². The molecule has 0 aromatic rings. The van der Waals surface area contributed by atoms with Crippen LogP contribution in [0.5, 0.6) is 0 Å². The maximum absolute atomic E-state index is 12.6. The molecule has 3 N–H and O–H groups in total. The zero-order valence-corrected chi connectivity index (χ0v) is 19.0. The minimum Gasteiger partial charge on any atom is -0.389 e. The van der Waals surface area contributed by atoms with Gasteiger partial charge in [-0.2, -0.15) is 0 Å². The van der Waals surface area contributed by atoms with Crippen molar-refractivity contribution in [2.75, 3.05) is 0 Å². The van der Waals surface area contributed by atoms with Gasteiger partial charge in [0.2, 0.25) is 0 Å². The SMILES string of the molecule is C[C@@H](/C=C\[C@H](O)C(C)(C)O)[C@H]1CC[C@]2(C)C[C@H]3[C@@H](C(=O)C[C@@]3(C)O)C(C=O)=CC[C@@H]12. The Kier molecular flexibility index (Phi) is 6.23. The molecule has 0 aliphatic heterocycles. The second-order valence-electron chi connectivity index (χ2n) is 11.2. The minimum absolute atomic E-state index is 0.00985. The highest BCUT2D eigenvalue weighted by Gasteiger charge is 2.56. The molecule has 0 amide bonds. The van der Waals surface area contributed by atoms with Crippen molar-refractivity contribution in [3.05, 3.63) is 23.8 Å². The molecular formula is C25H38O5. The number of carbonyl (C=O) groups is 2. The van der Waals surface area contributed by atoms with E-state index in [0.717, 1.165) is 32.0 Å². The van der Waals surface area contributed by atoms with Crippen LogP contribution < -0.4 is 0 Å². The van der Waals surface area contributed by atoms with Crippen molar-refractivity contribution >= 4 is 12.1 Å². The summed E-state index contributed by atoms with van der Waals surface area (Å²) in [5, 5.41) is 31.1. The van der Waals surface area contributed by atoms with Crippen LogP contribution in [0.2, 0.25) is 0 Å². The van der Waals surface area contributed by atoms with Gasteiger partial charge in [0.05, 0.1) is 17.1 Å². The van der Waals surface area contributed by atoms with E-state index in [-0.39, 0.29) is 29.5 Å². The maximum Gasteiger partial charge on any atom is 0.146 e. The lowest BCUT2D eigenvalue weighted by Crippen LogP contribution is -2.40. The summed E-state index contributed by atoms with van der Waals surface area (Å²) in [6, 6.07) is 0. The third-order valence-electron chi connectivity index (χ3n) is 8.33. The minimum atomic E-state index is -1.18. The summed E-state index contributed by atoms with van der Waals surface area (Å²) in [6.45, 7) is 9.34. The molecule has 168 valence electrons. The summed E-state index contributed by atoms with van der Waals surface area (Å²) >= 11 is 0. The van der Waals surface area contributed by atoms with E-state index in [2.05, 4.69) is 13.8 Å². The molecule has 2 saturated carbocycles. The van der Waals surface area contributed by atoms with Crippen LogP contribution in [0.25, 0.3) is 0 Å². The van der Waals surface area contributed by atoms with E-state index in [1.54, 1.807) is 26.8 Å². The predicted molar refractivity (Wildman–Crippen MR) is 116 cm³/mol. The molecule has 0 unspecified atom stereocenters. The highest BCUT2D eigenvalue weighted by molar-refractivity contribution is 5.94. The average molecular weight is 419 g/mol. The van der Waals surface area contributed by atoms with Gasteiger partial charge in [-0.05, 0) is 75.2 Å². The van der Waals surface area contributed by atoms with Gasteiger partial charge >= 0.3 is 0 Å². The number of fused-ring (bicyclic) bond motifs is 2. The van der Waals surface area contributed by atoms with Crippen molar-refractivity contribution in [1.29, 1.82) is 0 Å². The Morgan fingerprint density at radius 1 is 1.23 bits per heavy atom. The fourth-order valence-corrected chi connectivity index (χ4v) is 6.35. The summed E-state index contributed by atoms with van der Waals surface area (Å²) < 4.78 is 0. The Balaban J connectivity index is 1.89. The van der Waals surface area contributed by atoms with Crippen molar-refractivity contribution in [1.82, 2.24) is 0 Å². The van der Waals surface area contributed by atoms with Gasteiger partial charge in [0, 0.05) is 12.3 Å². The molecule has 8 atom stereocenters. The third kappa shape index (κ3) is 4.21. The first-order valence-corrected chi connectivity index (χ1v) is 11.3. The number of rotatable bonds is 5. The number of aldehydes is 1. The first kappa shape index (κ1) is 23.4. The summed E-state index contributed by atoms with van der Waals surface area (Å²) in [4.78, 5) is 24.5. The van der Waals surface area contributed by atoms with Crippen molar-refractivity contribution < 1.29 is 24.9 Å². The van der Waals surface area contributed by atoms with Crippen LogP contribution in [0.1, 0.15) is 66.7 Å². The molecule has 3 aliphatic carbocycles. The van der Waals surface area contributed by atoms with E-state index >= 15 is 0 Å². The molecule has 3 aliphatic rings. The van der Waals surface area contributed by atoms with E-state index in [1.807, 2.05) is 12.2 Å². The molecule has 0 saturated heterocycles. The normalized spacial score (nSPS) is 41.6. The van der Waals surface area contributed by atoms with E-state index in [4.69, 9.17) is 0 Å². The summed E-state index contributed by atoms with van der Waals surface area (Å²) in [7, 11) is 0. The molecule has 3 rings (SSSR count). The van der Waals surface area contributed by atoms with Gasteiger partial charge in [-0.3, -0.25) is 9.59 Å². The summed E-state index contributed by atoms with van der Waals surface area (Å²) in [5.41, 5.74) is -1.73. The fourth-order valence-electron chi connectivity index (χ4n) is 6.35. The van der Waals surface area contributed by atoms with Gasteiger partial charge in [-0.1, -0.05) is 32.1 Å². The molecular weight excluding hydrogens is 380 g/mol. The van der Waals surface area contributed by atoms with Gasteiger partial charge in [-0.15, -0.1) is 0 Å².